The molecular weight excluding hydrogens is 372 g/mol. The molecule has 0 unspecified atom stereocenters. The highest BCUT2D eigenvalue weighted by molar-refractivity contribution is 8.03. The van der Waals surface area contributed by atoms with Crippen LogP contribution in [-0.4, -0.2) is 17.3 Å². The average Bonchev–Trinajstić information content (AvgIpc) is 3.20. The fourth-order valence-electron chi connectivity index (χ4n) is 3.19. The van der Waals surface area contributed by atoms with Gasteiger partial charge in [-0.1, -0.05) is 41.6 Å². The Labute approximate surface area is 168 Å². The van der Waals surface area contributed by atoms with Crippen LogP contribution in [0.4, 0.5) is 0 Å². The number of benzene rings is 1. The summed E-state index contributed by atoms with van der Waals surface area (Å²) >= 11 is 1.27. The minimum atomic E-state index is -0.573. The zero-order valence-corrected chi connectivity index (χ0v) is 16.7. The van der Waals surface area contributed by atoms with Crippen LogP contribution in [0.3, 0.4) is 0 Å². The lowest BCUT2D eigenvalue weighted by molar-refractivity contribution is -0.113. The molecule has 0 radical (unpaired) electrons. The van der Waals surface area contributed by atoms with Gasteiger partial charge in [-0.05, 0) is 32.9 Å². The van der Waals surface area contributed by atoms with Gasteiger partial charge < -0.3 is 9.73 Å². The number of allylic oxidation sites excluding steroid dienone is 3. The summed E-state index contributed by atoms with van der Waals surface area (Å²) in [5.41, 5.74) is 3.27. The van der Waals surface area contributed by atoms with Crippen LogP contribution >= 0.6 is 11.8 Å². The number of rotatable bonds is 6. The van der Waals surface area contributed by atoms with Crippen molar-refractivity contribution in [3.05, 3.63) is 81.4 Å². The number of furan rings is 1. The molecule has 142 valence electrons. The second-order valence-corrected chi connectivity index (χ2v) is 7.59. The van der Waals surface area contributed by atoms with Gasteiger partial charge in [-0.3, -0.25) is 9.59 Å². The highest BCUT2D eigenvalue weighted by atomic mass is 32.2. The maximum Gasteiger partial charge on any atom is 0.173 e. The summed E-state index contributed by atoms with van der Waals surface area (Å²) in [6.45, 7) is 5.24. The topological polar surface area (TPSA) is 83.1 Å². The van der Waals surface area contributed by atoms with Crippen molar-refractivity contribution >= 4 is 23.3 Å². The first-order valence-electron chi connectivity index (χ1n) is 8.81. The van der Waals surface area contributed by atoms with Gasteiger partial charge in [0.2, 0.25) is 0 Å². The van der Waals surface area contributed by atoms with Gasteiger partial charge in [0.25, 0.3) is 0 Å². The molecule has 0 saturated carbocycles. The number of Topliss-reactive ketones (excluding diaryl/α,β-unsaturated/α-hetero) is 2. The van der Waals surface area contributed by atoms with Gasteiger partial charge in [-0.15, -0.1) is 0 Å². The van der Waals surface area contributed by atoms with Crippen LogP contribution in [-0.2, 0) is 4.79 Å². The van der Waals surface area contributed by atoms with Crippen LogP contribution < -0.4 is 5.32 Å². The summed E-state index contributed by atoms with van der Waals surface area (Å²) in [6, 6.07) is 13.1. The molecule has 1 aliphatic heterocycles. The van der Waals surface area contributed by atoms with Gasteiger partial charge in [0, 0.05) is 16.8 Å². The molecule has 1 aromatic carbocycles. The van der Waals surface area contributed by atoms with Gasteiger partial charge in [0.05, 0.1) is 34.6 Å². The van der Waals surface area contributed by atoms with Crippen molar-refractivity contribution < 1.29 is 14.0 Å². The van der Waals surface area contributed by atoms with Crippen molar-refractivity contribution in [3.8, 4) is 6.07 Å². The number of ketones is 2. The SMILES string of the molecule is CC(=O)C1=C(C)NC(SCC(=O)c2ccc(C)cc2)=C(C#N)[C@@H]1c1ccco1. The van der Waals surface area contributed by atoms with Crippen LogP contribution in [0, 0.1) is 18.3 Å². The number of nitrogens with zero attached hydrogens (tertiary/aromatic N) is 1. The van der Waals surface area contributed by atoms with Crippen LogP contribution in [0.1, 0.15) is 41.4 Å². The molecule has 0 amide bonds. The Morgan fingerprint density at radius 3 is 2.50 bits per heavy atom. The summed E-state index contributed by atoms with van der Waals surface area (Å²) in [5.74, 6) is -0.00483. The summed E-state index contributed by atoms with van der Waals surface area (Å²) in [7, 11) is 0. The number of nitrogens with one attached hydrogen (secondary N) is 1. The number of thioether (sulfide) groups is 1. The van der Waals surface area contributed by atoms with E-state index in [4.69, 9.17) is 4.42 Å². The van der Waals surface area contributed by atoms with E-state index in [9.17, 15) is 14.9 Å². The predicted octanol–water partition coefficient (Wildman–Crippen LogP) is 4.49. The fourth-order valence-corrected chi connectivity index (χ4v) is 4.18. The second kappa shape index (κ2) is 8.32. The molecule has 0 aliphatic carbocycles. The van der Waals surface area contributed by atoms with Gasteiger partial charge in [0.15, 0.2) is 11.6 Å². The smallest absolute Gasteiger partial charge is 0.173 e. The molecule has 5 nitrogen and oxygen atoms in total. The third-order valence-corrected chi connectivity index (χ3v) is 5.59. The van der Waals surface area contributed by atoms with Crippen molar-refractivity contribution in [2.45, 2.75) is 26.7 Å². The van der Waals surface area contributed by atoms with Crippen LogP contribution in [0.2, 0.25) is 0 Å². The fraction of sp³-hybridized carbons (Fsp3) is 0.227. The third kappa shape index (κ3) is 3.95. The Balaban J connectivity index is 1.90. The molecule has 1 aliphatic rings. The summed E-state index contributed by atoms with van der Waals surface area (Å²) in [6.07, 6.45) is 1.52. The molecule has 0 fully saturated rings. The zero-order valence-electron chi connectivity index (χ0n) is 15.9. The second-order valence-electron chi connectivity index (χ2n) is 6.60. The summed E-state index contributed by atoms with van der Waals surface area (Å²) in [4.78, 5) is 24.7. The first-order valence-corrected chi connectivity index (χ1v) is 9.80. The van der Waals surface area contributed by atoms with Gasteiger partial charge in [-0.25, -0.2) is 0 Å². The van der Waals surface area contributed by atoms with E-state index < -0.39 is 5.92 Å². The standard InChI is InChI=1S/C22H20N2O3S/c1-13-6-8-16(9-7-13)18(26)12-28-22-17(11-23)21(19-5-4-10-27-19)20(15(3)25)14(2)24-22/h4-10,21,24H,12H2,1-3H3/t21-/m1/s1. The van der Waals surface area contributed by atoms with Gasteiger partial charge in [0.1, 0.15) is 5.76 Å². The van der Waals surface area contributed by atoms with Crippen molar-refractivity contribution in [2.24, 2.45) is 0 Å². The molecule has 0 saturated heterocycles. The van der Waals surface area contributed by atoms with Crippen molar-refractivity contribution in [2.75, 3.05) is 5.75 Å². The Kier molecular flexibility index (Phi) is 5.86. The van der Waals surface area contributed by atoms with E-state index in [0.717, 1.165) is 5.56 Å². The molecule has 1 N–H and O–H groups in total. The Morgan fingerprint density at radius 1 is 1.21 bits per heavy atom. The van der Waals surface area contributed by atoms with Crippen molar-refractivity contribution in [1.82, 2.24) is 5.32 Å². The van der Waals surface area contributed by atoms with Crippen molar-refractivity contribution in [1.29, 1.82) is 5.26 Å². The average molecular weight is 392 g/mol. The number of nitriles is 1. The molecule has 2 heterocycles. The molecule has 6 heteroatoms. The largest absolute Gasteiger partial charge is 0.468 e. The molecular formula is C22H20N2O3S. The number of hydrogen-bond acceptors (Lipinski definition) is 6. The van der Waals surface area contributed by atoms with E-state index in [1.807, 2.05) is 19.1 Å². The minimum Gasteiger partial charge on any atom is -0.468 e. The monoisotopic (exact) mass is 392 g/mol. The Bertz CT molecular complexity index is 1010. The first-order chi connectivity index (χ1) is 13.4. The Morgan fingerprint density at radius 2 is 1.93 bits per heavy atom. The number of dihydropyridines is 1. The summed E-state index contributed by atoms with van der Waals surface area (Å²) < 4.78 is 5.51. The van der Waals surface area contributed by atoms with E-state index in [-0.39, 0.29) is 17.3 Å². The van der Waals surface area contributed by atoms with Crippen LogP contribution in [0.5, 0.6) is 0 Å². The number of carbonyl (C=O) groups is 2. The van der Waals surface area contributed by atoms with Gasteiger partial charge in [-0.2, -0.15) is 5.26 Å². The molecule has 0 bridgehead atoms. The number of carbonyl (C=O) groups excluding carboxylic acids is 2. The maximum atomic E-state index is 12.5. The van der Waals surface area contributed by atoms with E-state index in [0.29, 0.717) is 33.2 Å². The van der Waals surface area contributed by atoms with E-state index in [2.05, 4.69) is 11.4 Å². The molecule has 1 aromatic heterocycles. The molecule has 1 atom stereocenters. The highest BCUT2D eigenvalue weighted by Gasteiger charge is 2.34. The highest BCUT2D eigenvalue weighted by Crippen LogP contribution is 2.41. The van der Waals surface area contributed by atoms with E-state index in [1.54, 1.807) is 31.2 Å². The number of hydrogen-bond donors (Lipinski definition) is 1. The third-order valence-electron chi connectivity index (χ3n) is 4.58. The van der Waals surface area contributed by atoms with Gasteiger partial charge >= 0.3 is 0 Å². The molecule has 28 heavy (non-hydrogen) atoms. The van der Waals surface area contributed by atoms with E-state index >= 15 is 0 Å². The predicted molar refractivity (Wildman–Crippen MR) is 109 cm³/mol. The maximum absolute atomic E-state index is 12.5. The quantitative estimate of drug-likeness (QED) is 0.730. The molecule has 3 rings (SSSR count). The minimum absolute atomic E-state index is 0.0230. The molecule has 2 aromatic rings. The lowest BCUT2D eigenvalue weighted by Gasteiger charge is -2.27. The van der Waals surface area contributed by atoms with Crippen LogP contribution in [0.25, 0.3) is 0 Å². The number of aryl methyl sites for hydroxylation is 1. The van der Waals surface area contributed by atoms with Crippen LogP contribution in [0.15, 0.2) is 69.0 Å². The zero-order chi connectivity index (χ0) is 20.3. The first kappa shape index (κ1) is 19.7. The summed E-state index contributed by atoms with van der Waals surface area (Å²) in [5, 5.41) is 13.5. The van der Waals surface area contributed by atoms with Crippen molar-refractivity contribution in [3.63, 3.8) is 0 Å². The normalized spacial score (nSPS) is 16.6. The lowest BCUT2D eigenvalue weighted by Crippen LogP contribution is -2.27. The Hall–Kier alpha value is -3.04. The lowest BCUT2D eigenvalue weighted by atomic mass is 9.84. The molecule has 0 spiro atoms. The van der Waals surface area contributed by atoms with E-state index in [1.165, 1.54) is 24.9 Å².